The van der Waals surface area contributed by atoms with Gasteiger partial charge in [0.15, 0.2) is 11.5 Å². The van der Waals surface area contributed by atoms with Crippen molar-refractivity contribution >= 4 is 11.4 Å². The minimum Gasteiger partial charge on any atom is -0.504 e. The number of hydrogen-bond donors (Lipinski definition) is 3. The molecule has 96 valence electrons. The predicted molar refractivity (Wildman–Crippen MR) is 74.8 cm³/mol. The van der Waals surface area contributed by atoms with E-state index < -0.39 is 0 Å². The summed E-state index contributed by atoms with van der Waals surface area (Å²) in [6.07, 6.45) is 0.749. The maximum atomic E-state index is 9.67. The van der Waals surface area contributed by atoms with Crippen LogP contribution in [0.2, 0.25) is 0 Å². The highest BCUT2D eigenvalue weighted by Gasteiger charge is 2.19. The van der Waals surface area contributed by atoms with Gasteiger partial charge in [-0.25, -0.2) is 0 Å². The number of phenols is 2. The van der Waals surface area contributed by atoms with Gasteiger partial charge in [-0.1, -0.05) is 18.2 Å². The van der Waals surface area contributed by atoms with Gasteiger partial charge in [0, 0.05) is 23.4 Å². The molecule has 0 bridgehead atoms. The van der Waals surface area contributed by atoms with Crippen LogP contribution in [0, 0.1) is 0 Å². The molecule has 2 aromatic rings. The zero-order valence-corrected chi connectivity index (χ0v) is 10.3. The van der Waals surface area contributed by atoms with Crippen LogP contribution < -0.4 is 5.73 Å². The standard InChI is InChI=1S/C15H14N2O2/c16-12-4-2-1-3-10(12)15-11-8-14(19)13(18)7-9(11)5-6-17-15/h1-4,7-8,18-19H,5-6,16H2. The van der Waals surface area contributed by atoms with Crippen molar-refractivity contribution < 1.29 is 10.2 Å². The molecule has 19 heavy (non-hydrogen) atoms. The molecule has 0 amide bonds. The van der Waals surface area contributed by atoms with Crippen LogP contribution in [-0.4, -0.2) is 22.5 Å². The molecule has 4 N–H and O–H groups in total. The molecule has 0 saturated heterocycles. The number of nitrogen functional groups attached to an aromatic ring is 1. The first-order chi connectivity index (χ1) is 9.16. The van der Waals surface area contributed by atoms with E-state index in [0.717, 1.165) is 28.8 Å². The third kappa shape index (κ3) is 1.91. The molecule has 0 saturated carbocycles. The molecule has 0 aliphatic carbocycles. The molecule has 1 aliphatic rings. The van der Waals surface area contributed by atoms with Crippen LogP contribution in [0.1, 0.15) is 16.7 Å². The molecular weight excluding hydrogens is 240 g/mol. The van der Waals surface area contributed by atoms with E-state index in [1.54, 1.807) is 12.1 Å². The predicted octanol–water partition coefficient (Wildman–Crippen LogP) is 2.07. The van der Waals surface area contributed by atoms with E-state index >= 15 is 0 Å². The molecule has 0 spiro atoms. The first kappa shape index (κ1) is 11.6. The second-order valence-electron chi connectivity index (χ2n) is 4.57. The van der Waals surface area contributed by atoms with Gasteiger partial charge in [-0.2, -0.15) is 0 Å². The smallest absolute Gasteiger partial charge is 0.158 e. The summed E-state index contributed by atoms with van der Waals surface area (Å²) in [6.45, 7) is 0.654. The summed E-state index contributed by atoms with van der Waals surface area (Å²) in [7, 11) is 0. The number of phenolic OH excluding ortho intramolecular Hbond substituents is 2. The highest BCUT2D eigenvalue weighted by Crippen LogP contribution is 2.32. The summed E-state index contributed by atoms with van der Waals surface area (Å²) < 4.78 is 0. The molecule has 0 fully saturated rings. The maximum Gasteiger partial charge on any atom is 0.158 e. The van der Waals surface area contributed by atoms with Gasteiger partial charge in [-0.05, 0) is 30.2 Å². The zero-order valence-electron chi connectivity index (χ0n) is 10.3. The Hall–Kier alpha value is -2.49. The average molecular weight is 254 g/mol. The Morgan fingerprint density at radius 3 is 2.53 bits per heavy atom. The summed E-state index contributed by atoms with van der Waals surface area (Å²) in [5.74, 6) is -0.233. The Bertz CT molecular complexity index is 678. The monoisotopic (exact) mass is 254 g/mol. The van der Waals surface area contributed by atoms with Gasteiger partial charge >= 0.3 is 0 Å². The van der Waals surface area contributed by atoms with E-state index in [1.807, 2.05) is 24.3 Å². The van der Waals surface area contributed by atoms with Gasteiger partial charge in [-0.15, -0.1) is 0 Å². The van der Waals surface area contributed by atoms with Crippen LogP contribution in [0.25, 0.3) is 0 Å². The number of fused-ring (bicyclic) bond motifs is 1. The first-order valence-corrected chi connectivity index (χ1v) is 6.11. The average Bonchev–Trinajstić information content (AvgIpc) is 2.40. The molecule has 0 aromatic heterocycles. The SMILES string of the molecule is Nc1ccccc1C1=NCCc2cc(O)c(O)cc21. The quantitative estimate of drug-likeness (QED) is 0.538. The number of hydrogen-bond acceptors (Lipinski definition) is 4. The minimum absolute atomic E-state index is 0.0963. The second-order valence-corrected chi connectivity index (χ2v) is 4.57. The zero-order chi connectivity index (χ0) is 13.4. The van der Waals surface area contributed by atoms with Gasteiger partial charge in [0.25, 0.3) is 0 Å². The fourth-order valence-electron chi connectivity index (χ4n) is 2.36. The summed E-state index contributed by atoms with van der Waals surface area (Å²) in [5.41, 5.74) is 10.1. The van der Waals surface area contributed by atoms with Crippen molar-refractivity contribution in [2.24, 2.45) is 4.99 Å². The fourth-order valence-corrected chi connectivity index (χ4v) is 2.36. The summed E-state index contributed by atoms with van der Waals surface area (Å²) in [6, 6.07) is 10.7. The topological polar surface area (TPSA) is 78.8 Å². The summed E-state index contributed by atoms with van der Waals surface area (Å²) >= 11 is 0. The largest absolute Gasteiger partial charge is 0.504 e. The van der Waals surface area contributed by atoms with Crippen LogP contribution in [0.4, 0.5) is 5.69 Å². The highest BCUT2D eigenvalue weighted by molar-refractivity contribution is 6.17. The van der Waals surface area contributed by atoms with Crippen molar-refractivity contribution in [3.63, 3.8) is 0 Å². The number of benzene rings is 2. The van der Waals surface area contributed by atoms with E-state index in [-0.39, 0.29) is 11.5 Å². The van der Waals surface area contributed by atoms with Crippen LogP contribution in [-0.2, 0) is 6.42 Å². The minimum atomic E-state index is -0.136. The van der Waals surface area contributed by atoms with E-state index in [4.69, 9.17) is 5.73 Å². The Balaban J connectivity index is 2.19. The number of nitrogens with zero attached hydrogens (tertiary/aromatic N) is 1. The van der Waals surface area contributed by atoms with Crippen molar-refractivity contribution in [3.05, 3.63) is 53.1 Å². The molecule has 0 unspecified atom stereocenters. The first-order valence-electron chi connectivity index (χ1n) is 6.11. The summed E-state index contributed by atoms with van der Waals surface area (Å²) in [4.78, 5) is 4.52. The Morgan fingerprint density at radius 1 is 1.00 bits per heavy atom. The van der Waals surface area contributed by atoms with Crippen LogP contribution >= 0.6 is 0 Å². The van der Waals surface area contributed by atoms with Crippen LogP contribution in [0.5, 0.6) is 11.5 Å². The maximum absolute atomic E-state index is 9.67. The van der Waals surface area contributed by atoms with Crippen molar-refractivity contribution in [2.75, 3.05) is 12.3 Å². The van der Waals surface area contributed by atoms with Crippen molar-refractivity contribution in [3.8, 4) is 11.5 Å². The molecule has 0 radical (unpaired) electrons. The number of nitrogens with two attached hydrogens (primary N) is 1. The third-order valence-corrected chi connectivity index (χ3v) is 3.32. The van der Waals surface area contributed by atoms with Gasteiger partial charge < -0.3 is 15.9 Å². The molecule has 4 heteroatoms. The van der Waals surface area contributed by atoms with Gasteiger partial charge in [0.2, 0.25) is 0 Å². The molecular formula is C15H14N2O2. The van der Waals surface area contributed by atoms with Gasteiger partial charge in [-0.3, -0.25) is 4.99 Å². The number of aromatic hydroxyl groups is 2. The lowest BCUT2D eigenvalue weighted by molar-refractivity contribution is 0.403. The number of anilines is 1. The highest BCUT2D eigenvalue weighted by atomic mass is 16.3. The molecule has 1 aliphatic heterocycles. The van der Waals surface area contributed by atoms with Crippen molar-refractivity contribution in [1.82, 2.24) is 0 Å². The number of aliphatic imine (C=N–C) groups is 1. The molecule has 0 atom stereocenters. The van der Waals surface area contributed by atoms with Crippen molar-refractivity contribution in [1.29, 1.82) is 0 Å². The molecule has 3 rings (SSSR count). The Kier molecular flexibility index (Phi) is 2.63. The Labute approximate surface area is 110 Å². The summed E-state index contributed by atoms with van der Waals surface area (Å²) in [5, 5.41) is 19.2. The van der Waals surface area contributed by atoms with E-state index in [0.29, 0.717) is 12.2 Å². The van der Waals surface area contributed by atoms with Crippen molar-refractivity contribution in [2.45, 2.75) is 6.42 Å². The normalized spacial score (nSPS) is 13.8. The van der Waals surface area contributed by atoms with Gasteiger partial charge in [0.05, 0.1) is 5.71 Å². The number of rotatable bonds is 1. The van der Waals surface area contributed by atoms with Crippen LogP contribution in [0.3, 0.4) is 0 Å². The van der Waals surface area contributed by atoms with E-state index in [9.17, 15) is 10.2 Å². The molecule has 4 nitrogen and oxygen atoms in total. The van der Waals surface area contributed by atoms with Gasteiger partial charge in [0.1, 0.15) is 0 Å². The molecule has 2 aromatic carbocycles. The van der Waals surface area contributed by atoms with E-state index in [2.05, 4.69) is 4.99 Å². The Morgan fingerprint density at radius 2 is 1.74 bits per heavy atom. The fraction of sp³-hybridized carbons (Fsp3) is 0.133. The van der Waals surface area contributed by atoms with E-state index in [1.165, 1.54) is 0 Å². The van der Waals surface area contributed by atoms with Crippen LogP contribution in [0.15, 0.2) is 41.4 Å². The lowest BCUT2D eigenvalue weighted by Crippen LogP contribution is -2.15. The lowest BCUT2D eigenvalue weighted by atomic mass is 9.92. The molecule has 1 heterocycles. The second kappa shape index (κ2) is 4.31. The number of para-hydroxylation sites is 1. The third-order valence-electron chi connectivity index (χ3n) is 3.32. The lowest BCUT2D eigenvalue weighted by Gasteiger charge is -2.19.